The number of esters is 1. The molecule has 0 amide bonds. The Kier molecular flexibility index (Phi) is 4.01. The Morgan fingerprint density at radius 1 is 1.47 bits per heavy atom. The first kappa shape index (κ1) is 13.4. The summed E-state index contributed by atoms with van der Waals surface area (Å²) in [6.07, 6.45) is 0. The van der Waals surface area contributed by atoms with E-state index in [1.54, 1.807) is 23.6 Å². The average Bonchev–Trinajstić information content (AvgIpc) is 2.90. The van der Waals surface area contributed by atoms with Crippen LogP contribution in [0.4, 0.5) is 0 Å². The third kappa shape index (κ3) is 2.85. The molecule has 0 aliphatic heterocycles. The van der Waals surface area contributed by atoms with Gasteiger partial charge in [0.25, 0.3) is 0 Å². The fourth-order valence-electron chi connectivity index (χ4n) is 1.52. The summed E-state index contributed by atoms with van der Waals surface area (Å²) in [6.45, 7) is 2.30. The number of thiazole rings is 1. The predicted molar refractivity (Wildman–Crippen MR) is 71.7 cm³/mol. The number of hydrogen-bond donors (Lipinski definition) is 1. The Labute approximate surface area is 114 Å². The summed E-state index contributed by atoms with van der Waals surface area (Å²) in [6, 6.07) is 4.95. The second-order valence-electron chi connectivity index (χ2n) is 3.64. The van der Waals surface area contributed by atoms with Gasteiger partial charge in [0.15, 0.2) is 17.2 Å². The first-order valence-electron chi connectivity index (χ1n) is 5.65. The van der Waals surface area contributed by atoms with Crippen LogP contribution in [0.15, 0.2) is 23.6 Å². The summed E-state index contributed by atoms with van der Waals surface area (Å²) in [5.41, 5.74) is 1.05. The number of aromatic nitrogens is 1. The highest BCUT2D eigenvalue weighted by molar-refractivity contribution is 7.13. The van der Waals surface area contributed by atoms with Crippen molar-refractivity contribution in [2.24, 2.45) is 0 Å². The quantitative estimate of drug-likeness (QED) is 0.871. The largest absolute Gasteiger partial charge is 0.504 e. The maximum Gasteiger partial charge on any atom is 0.357 e. The number of hydrogen-bond acceptors (Lipinski definition) is 6. The zero-order valence-corrected chi connectivity index (χ0v) is 11.4. The van der Waals surface area contributed by atoms with Gasteiger partial charge in [-0.15, -0.1) is 11.3 Å². The van der Waals surface area contributed by atoms with E-state index in [2.05, 4.69) is 9.72 Å². The van der Waals surface area contributed by atoms with Gasteiger partial charge >= 0.3 is 5.97 Å². The van der Waals surface area contributed by atoms with E-state index in [4.69, 9.17) is 4.74 Å². The van der Waals surface area contributed by atoms with Gasteiger partial charge in [0.05, 0.1) is 13.7 Å². The van der Waals surface area contributed by atoms with Crippen LogP contribution in [-0.2, 0) is 4.74 Å². The lowest BCUT2D eigenvalue weighted by atomic mass is 10.2. The van der Waals surface area contributed by atoms with Crippen LogP contribution >= 0.6 is 11.3 Å². The molecule has 0 radical (unpaired) electrons. The standard InChI is InChI=1S/C13H13NO4S/c1-3-18-11-6-8(4-5-10(11)15)12-14-9(7-19-12)13(16)17-2/h4-7,15H,3H2,1-2H3. The molecule has 1 aromatic carbocycles. The Hall–Kier alpha value is -2.08. The molecule has 0 unspecified atom stereocenters. The molecule has 100 valence electrons. The second kappa shape index (κ2) is 5.71. The van der Waals surface area contributed by atoms with E-state index in [0.717, 1.165) is 5.56 Å². The van der Waals surface area contributed by atoms with E-state index < -0.39 is 5.97 Å². The molecule has 0 fully saturated rings. The number of carbonyl (C=O) groups is 1. The molecule has 2 rings (SSSR count). The van der Waals surface area contributed by atoms with Crippen molar-refractivity contribution in [3.63, 3.8) is 0 Å². The summed E-state index contributed by atoms with van der Waals surface area (Å²) in [7, 11) is 1.31. The monoisotopic (exact) mass is 279 g/mol. The van der Waals surface area contributed by atoms with E-state index in [0.29, 0.717) is 17.4 Å². The summed E-state index contributed by atoms with van der Waals surface area (Å²) < 4.78 is 9.92. The molecular weight excluding hydrogens is 266 g/mol. The van der Waals surface area contributed by atoms with Gasteiger partial charge in [0.1, 0.15) is 5.01 Å². The van der Waals surface area contributed by atoms with Crippen molar-refractivity contribution >= 4 is 17.3 Å². The topological polar surface area (TPSA) is 68.7 Å². The van der Waals surface area contributed by atoms with Crippen LogP contribution in [0.2, 0.25) is 0 Å². The fourth-order valence-corrected chi connectivity index (χ4v) is 2.31. The summed E-state index contributed by atoms with van der Waals surface area (Å²) in [5.74, 6) is 0.0106. The predicted octanol–water partition coefficient (Wildman–Crippen LogP) is 2.70. The van der Waals surface area contributed by atoms with Crippen molar-refractivity contribution in [2.75, 3.05) is 13.7 Å². The number of phenols is 1. The number of methoxy groups -OCH3 is 1. The zero-order valence-electron chi connectivity index (χ0n) is 10.5. The molecule has 0 bridgehead atoms. The van der Waals surface area contributed by atoms with Crippen LogP contribution in [0.3, 0.4) is 0 Å². The molecule has 2 aromatic rings. The molecule has 1 aromatic heterocycles. The van der Waals surface area contributed by atoms with Crippen molar-refractivity contribution in [1.82, 2.24) is 4.98 Å². The molecule has 6 heteroatoms. The summed E-state index contributed by atoms with van der Waals surface area (Å²) in [5, 5.41) is 11.9. The highest BCUT2D eigenvalue weighted by Crippen LogP contribution is 2.33. The number of nitrogens with zero attached hydrogens (tertiary/aromatic N) is 1. The second-order valence-corrected chi connectivity index (χ2v) is 4.50. The van der Waals surface area contributed by atoms with E-state index in [-0.39, 0.29) is 11.4 Å². The van der Waals surface area contributed by atoms with Crippen LogP contribution in [0.5, 0.6) is 11.5 Å². The average molecular weight is 279 g/mol. The van der Waals surface area contributed by atoms with Gasteiger partial charge in [-0.2, -0.15) is 0 Å². The minimum atomic E-state index is -0.466. The first-order chi connectivity index (χ1) is 9.15. The van der Waals surface area contributed by atoms with Crippen molar-refractivity contribution in [3.8, 4) is 22.1 Å². The number of aromatic hydroxyl groups is 1. The number of ether oxygens (including phenoxy) is 2. The fraction of sp³-hybridized carbons (Fsp3) is 0.231. The van der Waals surface area contributed by atoms with Crippen LogP contribution < -0.4 is 4.74 Å². The molecule has 1 N–H and O–H groups in total. The van der Waals surface area contributed by atoms with E-state index in [9.17, 15) is 9.90 Å². The normalized spacial score (nSPS) is 10.2. The Bertz CT molecular complexity index is 594. The number of benzene rings is 1. The maximum absolute atomic E-state index is 11.3. The summed E-state index contributed by atoms with van der Waals surface area (Å²) in [4.78, 5) is 15.5. The third-order valence-corrected chi connectivity index (χ3v) is 3.30. The smallest absolute Gasteiger partial charge is 0.357 e. The Balaban J connectivity index is 2.33. The number of rotatable bonds is 4. The minimum Gasteiger partial charge on any atom is -0.504 e. The van der Waals surface area contributed by atoms with Crippen LogP contribution in [0, 0.1) is 0 Å². The lowest BCUT2D eigenvalue weighted by Gasteiger charge is -2.06. The Morgan fingerprint density at radius 2 is 2.26 bits per heavy atom. The lowest BCUT2D eigenvalue weighted by Crippen LogP contribution is -2.00. The Morgan fingerprint density at radius 3 is 2.95 bits per heavy atom. The minimum absolute atomic E-state index is 0.0790. The molecule has 0 atom stereocenters. The highest BCUT2D eigenvalue weighted by Gasteiger charge is 2.13. The molecule has 5 nitrogen and oxygen atoms in total. The zero-order chi connectivity index (χ0) is 13.8. The van der Waals surface area contributed by atoms with Crippen molar-refractivity contribution in [2.45, 2.75) is 6.92 Å². The van der Waals surface area contributed by atoms with E-state index in [1.807, 2.05) is 6.92 Å². The first-order valence-corrected chi connectivity index (χ1v) is 6.53. The summed E-state index contributed by atoms with van der Waals surface area (Å²) >= 11 is 1.33. The molecule has 0 aliphatic rings. The molecule has 1 heterocycles. The van der Waals surface area contributed by atoms with Gasteiger partial charge in [-0.05, 0) is 25.1 Å². The number of carbonyl (C=O) groups excluding carboxylic acids is 1. The van der Waals surface area contributed by atoms with Crippen LogP contribution in [-0.4, -0.2) is 29.8 Å². The number of phenolic OH excluding ortho intramolecular Hbond substituents is 1. The van der Waals surface area contributed by atoms with Gasteiger partial charge < -0.3 is 14.6 Å². The molecular formula is C13H13NO4S. The third-order valence-electron chi connectivity index (χ3n) is 2.41. The van der Waals surface area contributed by atoms with E-state index >= 15 is 0 Å². The molecule has 0 saturated heterocycles. The SMILES string of the molecule is CCOc1cc(-c2nc(C(=O)OC)cs2)ccc1O. The van der Waals surface area contributed by atoms with Gasteiger partial charge in [-0.25, -0.2) is 9.78 Å². The van der Waals surface area contributed by atoms with Gasteiger partial charge in [-0.3, -0.25) is 0 Å². The van der Waals surface area contributed by atoms with Gasteiger partial charge in [0, 0.05) is 10.9 Å². The molecule has 0 spiro atoms. The van der Waals surface area contributed by atoms with E-state index in [1.165, 1.54) is 18.4 Å². The maximum atomic E-state index is 11.3. The van der Waals surface area contributed by atoms with Crippen molar-refractivity contribution < 1.29 is 19.4 Å². The van der Waals surface area contributed by atoms with Crippen molar-refractivity contribution in [1.29, 1.82) is 0 Å². The van der Waals surface area contributed by atoms with Crippen LogP contribution in [0.25, 0.3) is 10.6 Å². The molecule has 0 aliphatic carbocycles. The van der Waals surface area contributed by atoms with Crippen LogP contribution in [0.1, 0.15) is 17.4 Å². The van der Waals surface area contributed by atoms with Crippen molar-refractivity contribution in [3.05, 3.63) is 29.3 Å². The molecule has 19 heavy (non-hydrogen) atoms. The van der Waals surface area contributed by atoms with Gasteiger partial charge in [-0.1, -0.05) is 0 Å². The lowest BCUT2D eigenvalue weighted by molar-refractivity contribution is 0.0595. The highest BCUT2D eigenvalue weighted by atomic mass is 32.1. The molecule has 0 saturated carbocycles. The van der Waals surface area contributed by atoms with Gasteiger partial charge in [0.2, 0.25) is 0 Å².